The summed E-state index contributed by atoms with van der Waals surface area (Å²) in [5.74, 6) is 0.630. The Morgan fingerprint density at radius 1 is 0.974 bits per heavy atom. The first-order valence-electron chi connectivity index (χ1n) is 13.5. The van der Waals surface area contributed by atoms with Gasteiger partial charge in [0.15, 0.2) is 6.54 Å². The molecule has 3 aromatic rings. The van der Waals surface area contributed by atoms with Crippen LogP contribution in [0.15, 0.2) is 36.4 Å². The smallest absolute Gasteiger partial charge is 0.350 e. The molecule has 0 aliphatic rings. The van der Waals surface area contributed by atoms with E-state index in [2.05, 4.69) is 9.88 Å². The minimum absolute atomic E-state index is 0.0870. The van der Waals surface area contributed by atoms with Crippen molar-refractivity contribution in [2.75, 3.05) is 57.8 Å². The Morgan fingerprint density at radius 2 is 1.64 bits per heavy atom. The molecular formula is C29H40ClN3O5P+. The van der Waals surface area contributed by atoms with Crippen LogP contribution in [0.4, 0.5) is 5.69 Å². The van der Waals surface area contributed by atoms with Gasteiger partial charge in [0.05, 0.1) is 26.2 Å². The first kappa shape index (κ1) is 31.2. The van der Waals surface area contributed by atoms with Crippen LogP contribution in [0, 0.1) is 6.92 Å². The fourth-order valence-electron chi connectivity index (χ4n) is 4.54. The second kappa shape index (κ2) is 16.0. The van der Waals surface area contributed by atoms with E-state index in [9.17, 15) is 14.3 Å². The molecule has 1 amide bonds. The maximum Gasteiger partial charge on any atom is 0.350 e. The van der Waals surface area contributed by atoms with Gasteiger partial charge in [0.25, 0.3) is 0 Å². The van der Waals surface area contributed by atoms with Gasteiger partial charge in [-0.1, -0.05) is 23.5 Å². The number of pyridine rings is 1. The number of hydrogen-bond donors (Lipinski definition) is 1. The normalized spacial score (nSPS) is 11.8. The first-order chi connectivity index (χ1) is 18.8. The number of benzene rings is 2. The van der Waals surface area contributed by atoms with Crippen LogP contribution in [0.25, 0.3) is 21.8 Å². The lowest BCUT2D eigenvalue weighted by Crippen LogP contribution is -2.40. The van der Waals surface area contributed by atoms with Crippen LogP contribution in [-0.2, 0) is 25.4 Å². The third-order valence-corrected chi connectivity index (χ3v) is 7.71. The summed E-state index contributed by atoms with van der Waals surface area (Å²) in [5, 5.41) is 4.54. The number of alkyl halides is 1. The molecule has 0 bridgehead atoms. The van der Waals surface area contributed by atoms with E-state index in [1.54, 1.807) is 0 Å². The fourth-order valence-corrected chi connectivity index (χ4v) is 5.50. The van der Waals surface area contributed by atoms with E-state index in [1.165, 1.54) is 0 Å². The third-order valence-electron chi connectivity index (χ3n) is 6.60. The summed E-state index contributed by atoms with van der Waals surface area (Å²) in [6.07, 6.45) is 4.60. The van der Waals surface area contributed by atoms with E-state index < -0.39 is 8.03 Å². The standard InChI is InChI=1S/C29H39ClN3O5P/c1-22-8-10-24-26(20-22)33(27-21-23(32(2)3)9-11-25(27)29(24)39(35)36)15-12-28(34)31-14-17-38-19-18-37-16-7-5-4-6-13-30/h8-11,20-21H,4-7,12-19H2,1-3H3/p+1. The van der Waals surface area contributed by atoms with Crippen molar-refractivity contribution in [2.45, 2.75) is 45.6 Å². The molecule has 3 rings (SSSR count). The van der Waals surface area contributed by atoms with E-state index >= 15 is 0 Å². The van der Waals surface area contributed by atoms with Crippen LogP contribution >= 0.6 is 19.6 Å². The number of aryl methyl sites for hydroxylation is 2. The monoisotopic (exact) mass is 576 g/mol. The van der Waals surface area contributed by atoms with E-state index in [0.29, 0.717) is 54.9 Å². The van der Waals surface area contributed by atoms with Crippen molar-refractivity contribution in [3.05, 3.63) is 42.0 Å². The van der Waals surface area contributed by atoms with Gasteiger partial charge < -0.3 is 24.6 Å². The molecular weight excluding hydrogens is 537 g/mol. The van der Waals surface area contributed by atoms with Gasteiger partial charge in [0.1, 0.15) is 10.8 Å². The number of unbranched alkanes of at least 4 members (excludes halogenated alkanes) is 3. The number of rotatable bonds is 17. The predicted octanol–water partition coefficient (Wildman–Crippen LogP) is 3.72. The molecule has 1 unspecified atom stereocenters. The highest BCUT2D eigenvalue weighted by molar-refractivity contribution is 7.47. The Morgan fingerprint density at radius 3 is 2.33 bits per heavy atom. The summed E-state index contributed by atoms with van der Waals surface area (Å²) in [7, 11) is 1.07. The molecule has 0 fully saturated rings. The predicted molar refractivity (Wildman–Crippen MR) is 156 cm³/mol. The fraction of sp³-hybridized carbons (Fsp3) is 0.517. The molecule has 0 aliphatic carbocycles. The number of aromatic nitrogens is 1. The first-order valence-corrected chi connectivity index (χ1v) is 15.2. The molecule has 0 aliphatic heterocycles. The topological polar surface area (TPSA) is 94.8 Å². The average molecular weight is 577 g/mol. The van der Waals surface area contributed by atoms with Crippen molar-refractivity contribution in [2.24, 2.45) is 0 Å². The largest absolute Gasteiger partial charge is 0.591 e. The van der Waals surface area contributed by atoms with E-state index in [1.807, 2.05) is 62.3 Å². The van der Waals surface area contributed by atoms with Gasteiger partial charge in [-0.15, -0.1) is 11.6 Å². The summed E-state index contributed by atoms with van der Waals surface area (Å²) < 4.78 is 25.5. The molecule has 2 aromatic carbocycles. The Labute approximate surface area is 237 Å². The van der Waals surface area contributed by atoms with Gasteiger partial charge in [0.2, 0.25) is 22.2 Å². The maximum atomic E-state index is 12.7. The number of amides is 1. The van der Waals surface area contributed by atoms with Crippen LogP contribution < -0.4 is 25.0 Å². The van der Waals surface area contributed by atoms with Crippen molar-refractivity contribution in [3.63, 3.8) is 0 Å². The molecule has 0 radical (unpaired) electrons. The highest BCUT2D eigenvalue weighted by Gasteiger charge is 2.28. The van der Waals surface area contributed by atoms with Crippen molar-refractivity contribution < 1.29 is 28.3 Å². The van der Waals surface area contributed by atoms with E-state index in [0.717, 1.165) is 54.6 Å². The minimum atomic E-state index is -2.82. The van der Waals surface area contributed by atoms with Crippen molar-refractivity contribution in [1.29, 1.82) is 0 Å². The lowest BCUT2D eigenvalue weighted by molar-refractivity contribution is -0.644. The Balaban J connectivity index is 1.59. The van der Waals surface area contributed by atoms with Crippen molar-refractivity contribution in [1.82, 2.24) is 5.32 Å². The number of carbonyl (C=O) groups excluding carboxylic acids is 1. The molecule has 1 N–H and O–H groups in total. The molecule has 0 spiro atoms. The second-order valence-corrected chi connectivity index (χ2v) is 11.1. The number of nitrogens with zero attached hydrogens (tertiary/aromatic N) is 2. The number of nitrogens with one attached hydrogen (secondary N) is 1. The zero-order valence-corrected chi connectivity index (χ0v) is 24.9. The van der Waals surface area contributed by atoms with E-state index in [-0.39, 0.29) is 12.3 Å². The lowest BCUT2D eigenvalue weighted by Gasteiger charge is -2.14. The van der Waals surface area contributed by atoms with Crippen LogP contribution in [0.1, 0.15) is 37.7 Å². The van der Waals surface area contributed by atoms with Crippen LogP contribution in [0.3, 0.4) is 0 Å². The highest BCUT2D eigenvalue weighted by Crippen LogP contribution is 2.27. The Hall–Kier alpha value is -2.35. The van der Waals surface area contributed by atoms with Crippen LogP contribution in [0.2, 0.25) is 0 Å². The number of anilines is 1. The number of carbonyl (C=O) groups is 1. The second-order valence-electron chi connectivity index (χ2n) is 9.80. The zero-order valence-electron chi connectivity index (χ0n) is 23.2. The number of hydrogen-bond acceptors (Lipinski definition) is 6. The van der Waals surface area contributed by atoms with Gasteiger partial charge in [-0.25, -0.2) is 0 Å². The maximum absolute atomic E-state index is 12.7. The minimum Gasteiger partial charge on any atom is -0.591 e. The Bertz CT molecular complexity index is 1270. The summed E-state index contributed by atoms with van der Waals surface area (Å²) in [4.78, 5) is 27.0. The number of halogens is 1. The quantitative estimate of drug-likeness (QED) is 0.0865. The molecule has 0 saturated heterocycles. The molecule has 8 nitrogen and oxygen atoms in total. The lowest BCUT2D eigenvalue weighted by atomic mass is 10.1. The molecule has 1 heterocycles. The molecule has 212 valence electrons. The number of ether oxygens (including phenoxy) is 2. The molecule has 1 aromatic heterocycles. The molecule has 39 heavy (non-hydrogen) atoms. The van der Waals surface area contributed by atoms with Gasteiger partial charge in [-0.3, -0.25) is 4.79 Å². The highest BCUT2D eigenvalue weighted by atomic mass is 35.5. The summed E-state index contributed by atoms with van der Waals surface area (Å²) in [6.45, 7) is 4.98. The van der Waals surface area contributed by atoms with Crippen molar-refractivity contribution in [3.8, 4) is 0 Å². The third kappa shape index (κ3) is 9.09. The SMILES string of the molecule is Cc1ccc2c([P+](=O)[O-])c3ccc(N(C)C)cc3[n+](CCC(=O)NCCOCCOCCCCCCCl)c2c1. The molecule has 0 saturated carbocycles. The van der Waals surface area contributed by atoms with Gasteiger partial charge in [-0.05, 0) is 43.5 Å². The summed E-state index contributed by atoms with van der Waals surface area (Å²) in [6, 6.07) is 11.5. The van der Waals surface area contributed by atoms with Crippen LogP contribution in [0.5, 0.6) is 0 Å². The van der Waals surface area contributed by atoms with Crippen molar-refractivity contribution >= 4 is 58.3 Å². The van der Waals surface area contributed by atoms with Gasteiger partial charge in [0, 0.05) is 50.9 Å². The van der Waals surface area contributed by atoms with E-state index in [4.69, 9.17) is 21.1 Å². The average Bonchev–Trinajstić information content (AvgIpc) is 2.91. The molecule has 1 atom stereocenters. The Kier molecular flexibility index (Phi) is 12.8. The van der Waals surface area contributed by atoms with Gasteiger partial charge >= 0.3 is 8.03 Å². The van der Waals surface area contributed by atoms with Gasteiger partial charge in [-0.2, -0.15) is 4.57 Å². The zero-order chi connectivity index (χ0) is 28.2. The van der Waals surface area contributed by atoms with Crippen LogP contribution in [-0.4, -0.2) is 58.9 Å². The molecule has 10 heteroatoms. The summed E-state index contributed by atoms with van der Waals surface area (Å²) >= 11 is 5.67. The summed E-state index contributed by atoms with van der Waals surface area (Å²) in [5.41, 5.74) is 3.54. The number of fused-ring (bicyclic) bond motifs is 2.